The molecule has 2 aromatic rings. The molecule has 0 aromatic heterocycles. The number of benzene rings is 2. The molecule has 1 heterocycles. The molecule has 3 rings (SSSR count). The van der Waals surface area contributed by atoms with E-state index in [0.29, 0.717) is 31.1 Å². The van der Waals surface area contributed by atoms with Crippen LogP contribution < -0.4 is 9.47 Å². The predicted octanol–water partition coefficient (Wildman–Crippen LogP) is 2.87. The molecule has 1 aliphatic heterocycles. The maximum atomic E-state index is 12.9. The number of nitrogens with zero attached hydrogens (tertiary/aromatic N) is 1. The zero-order valence-corrected chi connectivity index (χ0v) is 12.2. The number of rotatable bonds is 3. The number of carbonyl (C=O) groups is 1. The third-order valence-corrected chi connectivity index (χ3v) is 3.46. The molecular formula is C17H16FNO3. The first kappa shape index (κ1) is 14.4. The van der Waals surface area contributed by atoms with Crippen LogP contribution in [0, 0.1) is 5.82 Å². The molecule has 1 aliphatic rings. The smallest absolute Gasteiger partial charge is 0.253 e. The lowest BCUT2D eigenvalue weighted by molar-refractivity contribution is 0.0784. The average molecular weight is 301 g/mol. The fourth-order valence-corrected chi connectivity index (χ4v) is 2.34. The standard InChI is InChI=1S/C17H16FNO3/c1-19(17(20)13-3-5-14(18)6-4-13)11-12-2-7-15-16(10-12)22-9-8-21-15/h2-7,10H,8-9,11H2,1H3. The Hall–Kier alpha value is -2.56. The van der Waals surface area contributed by atoms with Crippen LogP contribution in [0.4, 0.5) is 4.39 Å². The molecule has 0 bridgehead atoms. The molecule has 5 heteroatoms. The molecule has 0 atom stereocenters. The number of halogens is 1. The van der Waals surface area contributed by atoms with Gasteiger partial charge in [-0.15, -0.1) is 0 Å². The van der Waals surface area contributed by atoms with Crippen molar-refractivity contribution < 1.29 is 18.7 Å². The zero-order valence-electron chi connectivity index (χ0n) is 12.2. The maximum Gasteiger partial charge on any atom is 0.253 e. The van der Waals surface area contributed by atoms with Crippen molar-refractivity contribution >= 4 is 5.91 Å². The molecule has 0 saturated carbocycles. The topological polar surface area (TPSA) is 38.8 Å². The average Bonchev–Trinajstić information content (AvgIpc) is 2.55. The van der Waals surface area contributed by atoms with E-state index < -0.39 is 0 Å². The van der Waals surface area contributed by atoms with Crippen LogP contribution in [-0.2, 0) is 6.54 Å². The van der Waals surface area contributed by atoms with Crippen molar-refractivity contribution in [3.05, 3.63) is 59.4 Å². The second-order valence-electron chi connectivity index (χ2n) is 5.15. The Morgan fingerprint density at radius 3 is 2.50 bits per heavy atom. The van der Waals surface area contributed by atoms with E-state index >= 15 is 0 Å². The highest BCUT2D eigenvalue weighted by Crippen LogP contribution is 2.31. The lowest BCUT2D eigenvalue weighted by atomic mass is 10.1. The van der Waals surface area contributed by atoms with Gasteiger partial charge in [-0.1, -0.05) is 6.07 Å². The molecule has 0 radical (unpaired) electrons. The second-order valence-corrected chi connectivity index (χ2v) is 5.15. The molecule has 0 fully saturated rings. The summed E-state index contributed by atoms with van der Waals surface area (Å²) < 4.78 is 23.9. The normalized spacial score (nSPS) is 12.8. The summed E-state index contributed by atoms with van der Waals surface area (Å²) in [5.41, 5.74) is 1.41. The number of carbonyl (C=O) groups excluding carboxylic acids is 1. The Balaban J connectivity index is 1.72. The quantitative estimate of drug-likeness (QED) is 0.875. The van der Waals surface area contributed by atoms with E-state index in [-0.39, 0.29) is 11.7 Å². The molecule has 1 amide bonds. The van der Waals surface area contributed by atoms with Gasteiger partial charge >= 0.3 is 0 Å². The van der Waals surface area contributed by atoms with Crippen LogP contribution in [-0.4, -0.2) is 31.1 Å². The first-order valence-electron chi connectivity index (χ1n) is 7.03. The molecule has 0 spiro atoms. The van der Waals surface area contributed by atoms with Gasteiger partial charge in [0, 0.05) is 19.2 Å². The van der Waals surface area contributed by atoms with Crippen molar-refractivity contribution in [2.24, 2.45) is 0 Å². The number of hydrogen-bond acceptors (Lipinski definition) is 3. The first-order chi connectivity index (χ1) is 10.6. The molecule has 0 saturated heterocycles. The van der Waals surface area contributed by atoms with Crippen LogP contribution in [0.25, 0.3) is 0 Å². The first-order valence-corrected chi connectivity index (χ1v) is 7.03. The van der Waals surface area contributed by atoms with Gasteiger partial charge in [0.1, 0.15) is 19.0 Å². The van der Waals surface area contributed by atoms with E-state index in [1.165, 1.54) is 24.3 Å². The van der Waals surface area contributed by atoms with Crippen LogP contribution in [0.2, 0.25) is 0 Å². The summed E-state index contributed by atoms with van der Waals surface area (Å²) in [5, 5.41) is 0. The van der Waals surface area contributed by atoms with Gasteiger partial charge in [0.25, 0.3) is 5.91 Å². The monoisotopic (exact) mass is 301 g/mol. The third-order valence-electron chi connectivity index (χ3n) is 3.46. The fraction of sp³-hybridized carbons (Fsp3) is 0.235. The minimum atomic E-state index is -0.356. The van der Waals surface area contributed by atoms with Gasteiger partial charge in [0.15, 0.2) is 11.5 Å². The van der Waals surface area contributed by atoms with E-state index in [1.54, 1.807) is 11.9 Å². The minimum Gasteiger partial charge on any atom is -0.486 e. The molecule has 0 aliphatic carbocycles. The van der Waals surface area contributed by atoms with Crippen molar-refractivity contribution in [2.75, 3.05) is 20.3 Å². The fourth-order valence-electron chi connectivity index (χ4n) is 2.34. The van der Waals surface area contributed by atoms with Gasteiger partial charge in [-0.3, -0.25) is 4.79 Å². The molecule has 0 N–H and O–H groups in total. The Labute approximate surface area is 128 Å². The van der Waals surface area contributed by atoms with Gasteiger partial charge in [-0.25, -0.2) is 4.39 Å². The van der Waals surface area contributed by atoms with Crippen LogP contribution in [0.1, 0.15) is 15.9 Å². The highest BCUT2D eigenvalue weighted by atomic mass is 19.1. The number of fused-ring (bicyclic) bond motifs is 1. The van der Waals surface area contributed by atoms with E-state index in [9.17, 15) is 9.18 Å². The lowest BCUT2D eigenvalue weighted by Gasteiger charge is -2.21. The zero-order chi connectivity index (χ0) is 15.5. The van der Waals surface area contributed by atoms with E-state index in [0.717, 1.165) is 11.3 Å². The summed E-state index contributed by atoms with van der Waals surface area (Å²) in [4.78, 5) is 13.9. The van der Waals surface area contributed by atoms with Gasteiger partial charge < -0.3 is 14.4 Å². The third kappa shape index (κ3) is 3.03. The number of hydrogen-bond donors (Lipinski definition) is 0. The van der Waals surface area contributed by atoms with Crippen molar-refractivity contribution in [1.82, 2.24) is 4.90 Å². The van der Waals surface area contributed by atoms with Crippen LogP contribution in [0.5, 0.6) is 11.5 Å². The minimum absolute atomic E-state index is 0.158. The maximum absolute atomic E-state index is 12.9. The summed E-state index contributed by atoms with van der Waals surface area (Å²) in [6.07, 6.45) is 0. The predicted molar refractivity (Wildman–Crippen MR) is 79.6 cm³/mol. The van der Waals surface area contributed by atoms with Crippen molar-refractivity contribution in [1.29, 1.82) is 0 Å². The molecule has 114 valence electrons. The summed E-state index contributed by atoms with van der Waals surface area (Å²) >= 11 is 0. The molecule has 2 aromatic carbocycles. The van der Waals surface area contributed by atoms with Gasteiger partial charge in [0.05, 0.1) is 0 Å². The molecule has 0 unspecified atom stereocenters. The SMILES string of the molecule is CN(Cc1ccc2c(c1)OCCO2)C(=O)c1ccc(F)cc1. The Morgan fingerprint density at radius 2 is 1.77 bits per heavy atom. The Morgan fingerprint density at radius 1 is 1.09 bits per heavy atom. The van der Waals surface area contributed by atoms with E-state index in [4.69, 9.17) is 9.47 Å². The van der Waals surface area contributed by atoms with Crippen molar-refractivity contribution in [3.63, 3.8) is 0 Å². The van der Waals surface area contributed by atoms with Crippen molar-refractivity contribution in [3.8, 4) is 11.5 Å². The van der Waals surface area contributed by atoms with E-state index in [1.807, 2.05) is 18.2 Å². The molecule has 4 nitrogen and oxygen atoms in total. The number of ether oxygens (including phenoxy) is 2. The van der Waals surface area contributed by atoms with E-state index in [2.05, 4.69) is 0 Å². The van der Waals surface area contributed by atoms with Gasteiger partial charge in [-0.05, 0) is 42.0 Å². The molecule has 22 heavy (non-hydrogen) atoms. The van der Waals surface area contributed by atoms with Crippen LogP contribution in [0.15, 0.2) is 42.5 Å². The summed E-state index contributed by atoms with van der Waals surface area (Å²) in [6.45, 7) is 1.52. The van der Waals surface area contributed by atoms with Crippen LogP contribution in [0.3, 0.4) is 0 Å². The van der Waals surface area contributed by atoms with Gasteiger partial charge in [-0.2, -0.15) is 0 Å². The van der Waals surface area contributed by atoms with Gasteiger partial charge in [0.2, 0.25) is 0 Å². The summed E-state index contributed by atoms with van der Waals surface area (Å²) in [7, 11) is 1.71. The molecular weight excluding hydrogens is 285 g/mol. The highest BCUT2D eigenvalue weighted by molar-refractivity contribution is 5.93. The highest BCUT2D eigenvalue weighted by Gasteiger charge is 2.15. The number of amides is 1. The van der Waals surface area contributed by atoms with Crippen LogP contribution >= 0.6 is 0 Å². The second kappa shape index (κ2) is 6.05. The largest absolute Gasteiger partial charge is 0.486 e. The summed E-state index contributed by atoms with van der Waals surface area (Å²) in [5.74, 6) is 0.912. The Bertz CT molecular complexity index is 685. The van der Waals surface area contributed by atoms with Crippen molar-refractivity contribution in [2.45, 2.75) is 6.54 Å². The lowest BCUT2D eigenvalue weighted by Crippen LogP contribution is -2.26. The summed E-state index contributed by atoms with van der Waals surface area (Å²) in [6, 6.07) is 11.2. The Kier molecular flexibility index (Phi) is 3.96.